The molecule has 0 aromatic heterocycles. The highest BCUT2D eigenvalue weighted by Gasteiger charge is 2.30. The Morgan fingerprint density at radius 3 is 2.25 bits per heavy atom. The van der Waals surface area contributed by atoms with E-state index < -0.39 is 0 Å². The number of nitrogens with two attached hydrogens (primary N) is 1. The third-order valence-electron chi connectivity index (χ3n) is 5.18. The van der Waals surface area contributed by atoms with Gasteiger partial charge in [0, 0.05) is 44.7 Å². The summed E-state index contributed by atoms with van der Waals surface area (Å²) < 4.78 is 0. The van der Waals surface area contributed by atoms with Crippen molar-refractivity contribution in [2.75, 3.05) is 32.7 Å². The average molecular weight is 281 g/mol. The van der Waals surface area contributed by atoms with Crippen LogP contribution in [-0.4, -0.2) is 54.0 Å². The Morgan fingerprint density at radius 1 is 1.10 bits per heavy atom. The highest BCUT2D eigenvalue weighted by atomic mass is 16.2. The van der Waals surface area contributed by atoms with Gasteiger partial charge in [0.05, 0.1) is 0 Å². The number of carbonyl (C=O) groups is 1. The van der Waals surface area contributed by atoms with E-state index in [1.54, 1.807) is 0 Å². The molecule has 1 aliphatic heterocycles. The van der Waals surface area contributed by atoms with Gasteiger partial charge in [-0.3, -0.25) is 9.69 Å². The van der Waals surface area contributed by atoms with Crippen molar-refractivity contribution in [3.05, 3.63) is 0 Å². The first-order chi connectivity index (χ1) is 9.53. The largest absolute Gasteiger partial charge is 0.340 e. The molecule has 4 nitrogen and oxygen atoms in total. The van der Waals surface area contributed by atoms with Gasteiger partial charge in [0.25, 0.3) is 0 Å². The van der Waals surface area contributed by atoms with Crippen molar-refractivity contribution >= 4 is 5.91 Å². The first kappa shape index (κ1) is 15.8. The molecular formula is C16H31N3O. The maximum Gasteiger partial charge on any atom is 0.222 e. The van der Waals surface area contributed by atoms with E-state index in [9.17, 15) is 4.79 Å². The average Bonchev–Trinajstić information content (AvgIpc) is 2.48. The van der Waals surface area contributed by atoms with Crippen LogP contribution in [0.3, 0.4) is 0 Å². The number of rotatable bonds is 4. The SMILES string of the molecule is CC(C)(CN)N1CCN(C(=O)CC2CCCCC2)CC1. The van der Waals surface area contributed by atoms with Crippen molar-refractivity contribution in [3.8, 4) is 0 Å². The fourth-order valence-electron chi connectivity index (χ4n) is 3.46. The summed E-state index contributed by atoms with van der Waals surface area (Å²) in [5.41, 5.74) is 5.89. The molecule has 0 aromatic carbocycles. The van der Waals surface area contributed by atoms with Gasteiger partial charge in [0.1, 0.15) is 0 Å². The van der Waals surface area contributed by atoms with Crippen molar-refractivity contribution < 1.29 is 4.79 Å². The van der Waals surface area contributed by atoms with Crippen molar-refractivity contribution in [3.63, 3.8) is 0 Å². The summed E-state index contributed by atoms with van der Waals surface area (Å²) in [6.45, 7) is 8.70. The standard InChI is InChI=1S/C16H31N3O/c1-16(2,13-17)19-10-8-18(9-11-19)15(20)12-14-6-4-3-5-7-14/h14H,3-13,17H2,1-2H3. The van der Waals surface area contributed by atoms with Crippen molar-refractivity contribution in [1.29, 1.82) is 0 Å². The third kappa shape index (κ3) is 3.95. The second-order valence-corrected chi connectivity index (χ2v) is 7.09. The van der Waals surface area contributed by atoms with Gasteiger partial charge in [-0.15, -0.1) is 0 Å². The van der Waals surface area contributed by atoms with Gasteiger partial charge < -0.3 is 10.6 Å². The van der Waals surface area contributed by atoms with Crippen LogP contribution in [-0.2, 0) is 4.79 Å². The monoisotopic (exact) mass is 281 g/mol. The van der Waals surface area contributed by atoms with E-state index in [-0.39, 0.29) is 5.54 Å². The molecule has 1 heterocycles. The lowest BCUT2D eigenvalue weighted by Gasteiger charge is -2.43. The molecular weight excluding hydrogens is 250 g/mol. The molecule has 2 rings (SSSR count). The molecule has 1 amide bonds. The highest BCUT2D eigenvalue weighted by Crippen LogP contribution is 2.27. The topological polar surface area (TPSA) is 49.6 Å². The number of hydrogen-bond donors (Lipinski definition) is 1. The summed E-state index contributed by atoms with van der Waals surface area (Å²) >= 11 is 0. The van der Waals surface area contributed by atoms with E-state index in [1.165, 1.54) is 32.1 Å². The lowest BCUT2D eigenvalue weighted by molar-refractivity contribution is -0.135. The summed E-state index contributed by atoms with van der Waals surface area (Å²) in [5.74, 6) is 1.02. The molecule has 1 saturated heterocycles. The zero-order valence-electron chi connectivity index (χ0n) is 13.2. The van der Waals surface area contributed by atoms with Crippen LogP contribution in [0, 0.1) is 5.92 Å². The Morgan fingerprint density at radius 2 is 1.70 bits per heavy atom. The van der Waals surface area contributed by atoms with E-state index in [2.05, 4.69) is 23.6 Å². The number of nitrogens with zero attached hydrogens (tertiary/aromatic N) is 2. The van der Waals surface area contributed by atoms with Crippen molar-refractivity contribution in [2.24, 2.45) is 11.7 Å². The minimum atomic E-state index is 0.0541. The number of piperazine rings is 1. The Balaban J connectivity index is 1.76. The second kappa shape index (κ2) is 6.90. The zero-order chi connectivity index (χ0) is 14.6. The summed E-state index contributed by atoms with van der Waals surface area (Å²) in [7, 11) is 0. The van der Waals surface area contributed by atoms with E-state index in [4.69, 9.17) is 5.73 Å². The van der Waals surface area contributed by atoms with Crippen LogP contribution in [0.15, 0.2) is 0 Å². The molecule has 0 radical (unpaired) electrons. The maximum absolute atomic E-state index is 12.4. The van der Waals surface area contributed by atoms with Crippen LogP contribution in [0.2, 0.25) is 0 Å². The van der Waals surface area contributed by atoms with Crippen LogP contribution in [0.25, 0.3) is 0 Å². The smallest absolute Gasteiger partial charge is 0.222 e. The Bertz CT molecular complexity index is 316. The van der Waals surface area contributed by atoms with Crippen LogP contribution in [0.4, 0.5) is 0 Å². The molecule has 1 saturated carbocycles. The highest BCUT2D eigenvalue weighted by molar-refractivity contribution is 5.76. The fraction of sp³-hybridized carbons (Fsp3) is 0.938. The van der Waals surface area contributed by atoms with Gasteiger partial charge >= 0.3 is 0 Å². The quantitative estimate of drug-likeness (QED) is 0.855. The number of amides is 1. The molecule has 2 N–H and O–H groups in total. The van der Waals surface area contributed by atoms with E-state index in [0.717, 1.165) is 32.6 Å². The predicted molar refractivity (Wildman–Crippen MR) is 82.5 cm³/mol. The van der Waals surface area contributed by atoms with Crippen LogP contribution < -0.4 is 5.73 Å². The lowest BCUT2D eigenvalue weighted by Crippen LogP contribution is -2.58. The van der Waals surface area contributed by atoms with E-state index in [0.29, 0.717) is 18.4 Å². The van der Waals surface area contributed by atoms with Crippen molar-refractivity contribution in [2.45, 2.75) is 57.9 Å². The first-order valence-corrected chi connectivity index (χ1v) is 8.26. The van der Waals surface area contributed by atoms with E-state index >= 15 is 0 Å². The fourth-order valence-corrected chi connectivity index (χ4v) is 3.46. The normalized spacial score (nSPS) is 23.1. The Labute approximate surface area is 123 Å². The zero-order valence-corrected chi connectivity index (χ0v) is 13.2. The maximum atomic E-state index is 12.4. The van der Waals surface area contributed by atoms with Crippen LogP contribution in [0.1, 0.15) is 52.4 Å². The summed E-state index contributed by atoms with van der Waals surface area (Å²) in [4.78, 5) is 16.9. The molecule has 2 aliphatic rings. The Kier molecular flexibility index (Phi) is 5.44. The second-order valence-electron chi connectivity index (χ2n) is 7.09. The lowest BCUT2D eigenvalue weighted by atomic mass is 9.86. The molecule has 1 aliphatic carbocycles. The summed E-state index contributed by atoms with van der Waals surface area (Å²) in [5, 5.41) is 0. The third-order valence-corrected chi connectivity index (χ3v) is 5.18. The van der Waals surface area contributed by atoms with Gasteiger partial charge in [-0.25, -0.2) is 0 Å². The molecule has 116 valence electrons. The van der Waals surface area contributed by atoms with Crippen molar-refractivity contribution in [1.82, 2.24) is 9.80 Å². The first-order valence-electron chi connectivity index (χ1n) is 8.26. The molecule has 2 fully saturated rings. The minimum absolute atomic E-state index is 0.0541. The van der Waals surface area contributed by atoms with Gasteiger partial charge in [-0.1, -0.05) is 19.3 Å². The molecule has 0 bridgehead atoms. The van der Waals surface area contributed by atoms with Crippen LogP contribution in [0.5, 0.6) is 0 Å². The molecule has 0 atom stereocenters. The summed E-state index contributed by atoms with van der Waals surface area (Å²) in [6, 6.07) is 0. The molecule has 0 unspecified atom stereocenters. The van der Waals surface area contributed by atoms with Gasteiger partial charge in [0.2, 0.25) is 5.91 Å². The number of carbonyl (C=O) groups excluding carboxylic acids is 1. The minimum Gasteiger partial charge on any atom is -0.340 e. The molecule has 20 heavy (non-hydrogen) atoms. The molecule has 0 aromatic rings. The van der Waals surface area contributed by atoms with E-state index in [1.807, 2.05) is 0 Å². The Hall–Kier alpha value is -0.610. The van der Waals surface area contributed by atoms with Gasteiger partial charge in [0.15, 0.2) is 0 Å². The molecule has 4 heteroatoms. The van der Waals surface area contributed by atoms with Gasteiger partial charge in [-0.2, -0.15) is 0 Å². The summed E-state index contributed by atoms with van der Waals surface area (Å²) in [6.07, 6.45) is 7.28. The number of hydrogen-bond acceptors (Lipinski definition) is 3. The van der Waals surface area contributed by atoms with Crippen LogP contribution >= 0.6 is 0 Å². The molecule has 0 spiro atoms. The van der Waals surface area contributed by atoms with Gasteiger partial charge in [-0.05, 0) is 32.6 Å². The predicted octanol–water partition coefficient (Wildman–Crippen LogP) is 1.84.